The van der Waals surface area contributed by atoms with Crippen LogP contribution in [0.3, 0.4) is 0 Å². The minimum Gasteiger partial charge on any atom is -0.497 e. The SMILES string of the molecule is COc1cccc(-c2nc(Cc3nc(-c4ccccc4OC)oc3C)no2)c1. The van der Waals surface area contributed by atoms with Crippen LogP contribution in [-0.2, 0) is 6.42 Å². The molecule has 0 fully saturated rings. The van der Waals surface area contributed by atoms with Gasteiger partial charge in [-0.15, -0.1) is 0 Å². The standard InChI is InChI=1S/C21H19N3O4/c1-13-17(22-21(27-13)16-9-4-5-10-18(16)26-3)12-19-23-20(28-24-19)14-7-6-8-15(11-14)25-2/h4-11H,12H2,1-3H3. The zero-order valence-corrected chi connectivity index (χ0v) is 15.8. The largest absolute Gasteiger partial charge is 0.497 e. The first kappa shape index (κ1) is 17.8. The van der Waals surface area contributed by atoms with Crippen molar-refractivity contribution in [1.82, 2.24) is 15.1 Å². The minimum absolute atomic E-state index is 0.401. The van der Waals surface area contributed by atoms with Gasteiger partial charge in [-0.05, 0) is 37.3 Å². The van der Waals surface area contributed by atoms with Gasteiger partial charge in [0.15, 0.2) is 5.82 Å². The number of nitrogens with zero attached hydrogens (tertiary/aromatic N) is 3. The van der Waals surface area contributed by atoms with E-state index in [9.17, 15) is 0 Å². The molecule has 4 rings (SSSR count). The molecule has 0 unspecified atom stereocenters. The second kappa shape index (κ2) is 7.56. The number of benzene rings is 2. The fourth-order valence-corrected chi connectivity index (χ4v) is 2.88. The summed E-state index contributed by atoms with van der Waals surface area (Å²) < 4.78 is 21.9. The molecule has 0 bridgehead atoms. The summed E-state index contributed by atoms with van der Waals surface area (Å²) in [5.41, 5.74) is 2.34. The van der Waals surface area contributed by atoms with Crippen LogP contribution >= 0.6 is 0 Å². The summed E-state index contributed by atoms with van der Waals surface area (Å²) in [7, 11) is 3.24. The van der Waals surface area contributed by atoms with Gasteiger partial charge in [0.25, 0.3) is 5.89 Å². The summed E-state index contributed by atoms with van der Waals surface area (Å²) >= 11 is 0. The van der Waals surface area contributed by atoms with E-state index in [1.807, 2.05) is 55.5 Å². The average molecular weight is 377 g/mol. The van der Waals surface area contributed by atoms with E-state index in [1.54, 1.807) is 14.2 Å². The summed E-state index contributed by atoms with van der Waals surface area (Å²) in [5.74, 6) is 3.59. The van der Waals surface area contributed by atoms with Gasteiger partial charge in [0.2, 0.25) is 5.89 Å². The van der Waals surface area contributed by atoms with Crippen molar-refractivity contribution in [2.75, 3.05) is 14.2 Å². The van der Waals surface area contributed by atoms with Crippen molar-refractivity contribution in [1.29, 1.82) is 0 Å². The van der Waals surface area contributed by atoms with E-state index >= 15 is 0 Å². The van der Waals surface area contributed by atoms with E-state index in [-0.39, 0.29) is 0 Å². The molecule has 0 N–H and O–H groups in total. The van der Waals surface area contributed by atoms with Gasteiger partial charge < -0.3 is 18.4 Å². The molecule has 0 radical (unpaired) electrons. The second-order valence-corrected chi connectivity index (χ2v) is 6.15. The molecule has 4 aromatic rings. The molecular formula is C21H19N3O4. The summed E-state index contributed by atoms with van der Waals surface area (Å²) in [4.78, 5) is 9.07. The smallest absolute Gasteiger partial charge is 0.258 e. The van der Waals surface area contributed by atoms with Crippen LogP contribution < -0.4 is 9.47 Å². The predicted molar refractivity (Wildman–Crippen MR) is 102 cm³/mol. The molecule has 28 heavy (non-hydrogen) atoms. The Morgan fingerprint density at radius 2 is 1.79 bits per heavy atom. The zero-order chi connectivity index (χ0) is 19.5. The number of aryl methyl sites for hydroxylation is 1. The molecule has 0 amide bonds. The van der Waals surface area contributed by atoms with Crippen LogP contribution in [0.1, 0.15) is 17.3 Å². The van der Waals surface area contributed by atoms with E-state index in [0.29, 0.717) is 35.5 Å². The molecule has 2 aromatic heterocycles. The lowest BCUT2D eigenvalue weighted by Crippen LogP contribution is -1.94. The number of ether oxygens (including phenoxy) is 2. The fraction of sp³-hybridized carbons (Fsp3) is 0.190. The topological polar surface area (TPSA) is 83.4 Å². The maximum absolute atomic E-state index is 5.84. The van der Waals surface area contributed by atoms with Gasteiger partial charge in [-0.3, -0.25) is 0 Å². The normalized spacial score (nSPS) is 10.8. The molecule has 142 valence electrons. The second-order valence-electron chi connectivity index (χ2n) is 6.15. The summed E-state index contributed by atoms with van der Waals surface area (Å²) in [6.07, 6.45) is 0.401. The van der Waals surface area contributed by atoms with Gasteiger partial charge in [-0.1, -0.05) is 23.4 Å². The fourth-order valence-electron chi connectivity index (χ4n) is 2.88. The number of methoxy groups -OCH3 is 2. The quantitative estimate of drug-likeness (QED) is 0.495. The van der Waals surface area contributed by atoms with Gasteiger partial charge in [0.05, 0.1) is 31.9 Å². The zero-order valence-electron chi connectivity index (χ0n) is 15.8. The van der Waals surface area contributed by atoms with E-state index < -0.39 is 0 Å². The average Bonchev–Trinajstić information content (AvgIpc) is 3.35. The maximum atomic E-state index is 5.84. The van der Waals surface area contributed by atoms with Crippen LogP contribution in [-0.4, -0.2) is 29.3 Å². The lowest BCUT2D eigenvalue weighted by molar-refractivity contribution is 0.412. The lowest BCUT2D eigenvalue weighted by Gasteiger charge is -2.03. The van der Waals surface area contributed by atoms with E-state index in [2.05, 4.69) is 15.1 Å². The number of hydrogen-bond acceptors (Lipinski definition) is 7. The molecule has 0 aliphatic carbocycles. The van der Waals surface area contributed by atoms with Crippen LogP contribution in [0.2, 0.25) is 0 Å². The van der Waals surface area contributed by atoms with E-state index in [0.717, 1.165) is 22.6 Å². The molecule has 0 spiro atoms. The first-order valence-corrected chi connectivity index (χ1v) is 8.74. The molecule has 0 saturated carbocycles. The lowest BCUT2D eigenvalue weighted by atomic mass is 10.2. The summed E-state index contributed by atoms with van der Waals surface area (Å²) in [6.45, 7) is 1.87. The van der Waals surface area contributed by atoms with Gasteiger partial charge in [-0.2, -0.15) is 4.98 Å². The summed E-state index contributed by atoms with van der Waals surface area (Å²) in [5, 5.41) is 4.07. The van der Waals surface area contributed by atoms with Crippen molar-refractivity contribution >= 4 is 0 Å². The third-order valence-corrected chi connectivity index (χ3v) is 4.34. The Balaban J connectivity index is 1.59. The minimum atomic E-state index is 0.401. The number of aromatic nitrogens is 3. The van der Waals surface area contributed by atoms with Crippen molar-refractivity contribution in [3.8, 4) is 34.4 Å². The Labute approximate surface area is 161 Å². The highest BCUT2D eigenvalue weighted by atomic mass is 16.5. The molecular weight excluding hydrogens is 358 g/mol. The van der Waals surface area contributed by atoms with Crippen molar-refractivity contribution in [2.24, 2.45) is 0 Å². The molecule has 0 aliphatic rings. The number of oxazole rings is 1. The van der Waals surface area contributed by atoms with Crippen molar-refractivity contribution in [3.63, 3.8) is 0 Å². The molecule has 0 aliphatic heterocycles. The van der Waals surface area contributed by atoms with Crippen LogP contribution in [0.5, 0.6) is 11.5 Å². The van der Waals surface area contributed by atoms with Crippen molar-refractivity contribution in [3.05, 3.63) is 65.8 Å². The van der Waals surface area contributed by atoms with Gasteiger partial charge in [0, 0.05) is 5.56 Å². The highest BCUT2D eigenvalue weighted by Gasteiger charge is 2.18. The van der Waals surface area contributed by atoms with Gasteiger partial charge in [0.1, 0.15) is 17.3 Å². The Morgan fingerprint density at radius 1 is 0.929 bits per heavy atom. The van der Waals surface area contributed by atoms with Crippen LogP contribution in [0, 0.1) is 6.92 Å². The van der Waals surface area contributed by atoms with E-state index in [1.165, 1.54) is 0 Å². The first-order valence-electron chi connectivity index (χ1n) is 8.74. The number of hydrogen-bond donors (Lipinski definition) is 0. The Kier molecular flexibility index (Phi) is 4.80. The van der Waals surface area contributed by atoms with Crippen LogP contribution in [0.4, 0.5) is 0 Å². The molecule has 2 aromatic carbocycles. The third-order valence-electron chi connectivity index (χ3n) is 4.34. The summed E-state index contributed by atoms with van der Waals surface area (Å²) in [6, 6.07) is 15.1. The van der Waals surface area contributed by atoms with Crippen LogP contribution in [0.15, 0.2) is 57.5 Å². The van der Waals surface area contributed by atoms with Gasteiger partial charge in [-0.25, -0.2) is 4.98 Å². The molecule has 0 saturated heterocycles. The Bertz CT molecular complexity index is 1100. The predicted octanol–water partition coefficient (Wildman–Crippen LogP) is 4.31. The Hall–Kier alpha value is -3.61. The Morgan fingerprint density at radius 3 is 2.61 bits per heavy atom. The molecule has 7 heteroatoms. The maximum Gasteiger partial charge on any atom is 0.258 e. The van der Waals surface area contributed by atoms with E-state index in [4.69, 9.17) is 18.4 Å². The van der Waals surface area contributed by atoms with Crippen molar-refractivity contribution < 1.29 is 18.4 Å². The highest BCUT2D eigenvalue weighted by Crippen LogP contribution is 2.31. The number of rotatable bonds is 6. The molecule has 2 heterocycles. The number of para-hydroxylation sites is 1. The third kappa shape index (κ3) is 3.46. The molecule has 0 atom stereocenters. The highest BCUT2D eigenvalue weighted by molar-refractivity contribution is 5.63. The monoisotopic (exact) mass is 377 g/mol. The van der Waals surface area contributed by atoms with Crippen LogP contribution in [0.25, 0.3) is 22.9 Å². The van der Waals surface area contributed by atoms with Crippen molar-refractivity contribution in [2.45, 2.75) is 13.3 Å². The first-order chi connectivity index (χ1) is 13.7. The van der Waals surface area contributed by atoms with Gasteiger partial charge >= 0.3 is 0 Å². The molecule has 7 nitrogen and oxygen atoms in total.